The Kier molecular flexibility index (Phi) is 2.77. The molecule has 0 amide bonds. The van der Waals surface area contributed by atoms with Gasteiger partial charge >= 0.3 is 0 Å². The number of methoxy groups -OCH3 is 1. The van der Waals surface area contributed by atoms with Crippen molar-refractivity contribution in [2.45, 2.75) is 6.92 Å². The lowest BCUT2D eigenvalue weighted by atomic mass is 10.0. The van der Waals surface area contributed by atoms with Gasteiger partial charge in [0.2, 0.25) is 0 Å². The van der Waals surface area contributed by atoms with Crippen molar-refractivity contribution in [3.63, 3.8) is 0 Å². The largest absolute Gasteiger partial charge is 0.497 e. The van der Waals surface area contributed by atoms with Crippen LogP contribution in [0.25, 0.3) is 11.1 Å². The van der Waals surface area contributed by atoms with E-state index in [1.54, 1.807) is 13.3 Å². The lowest BCUT2D eigenvalue weighted by Gasteiger charge is -2.09. The van der Waals surface area contributed by atoms with Crippen molar-refractivity contribution in [3.8, 4) is 16.9 Å². The van der Waals surface area contributed by atoms with E-state index in [1.165, 1.54) is 0 Å². The van der Waals surface area contributed by atoms with Crippen molar-refractivity contribution >= 4 is 5.69 Å². The molecule has 1 aromatic carbocycles. The van der Waals surface area contributed by atoms with Gasteiger partial charge in [0.25, 0.3) is 0 Å². The van der Waals surface area contributed by atoms with Crippen molar-refractivity contribution in [2.24, 2.45) is 0 Å². The molecule has 16 heavy (non-hydrogen) atoms. The molecule has 2 aromatic rings. The van der Waals surface area contributed by atoms with Crippen LogP contribution in [-0.2, 0) is 0 Å². The van der Waals surface area contributed by atoms with E-state index >= 15 is 0 Å². The van der Waals surface area contributed by atoms with Crippen LogP contribution in [0, 0.1) is 6.92 Å². The third kappa shape index (κ3) is 1.84. The van der Waals surface area contributed by atoms with Gasteiger partial charge in [-0.15, -0.1) is 0 Å². The second-order valence-electron chi connectivity index (χ2n) is 3.64. The second kappa shape index (κ2) is 4.23. The Hall–Kier alpha value is -2.03. The number of benzene rings is 1. The van der Waals surface area contributed by atoms with Gasteiger partial charge in [-0.25, -0.2) is 0 Å². The highest BCUT2D eigenvalue weighted by Crippen LogP contribution is 2.30. The fourth-order valence-corrected chi connectivity index (χ4v) is 1.66. The minimum Gasteiger partial charge on any atom is -0.497 e. The number of ether oxygens (including phenoxy) is 1. The first-order chi connectivity index (χ1) is 7.72. The monoisotopic (exact) mass is 214 g/mol. The molecule has 0 spiro atoms. The zero-order valence-electron chi connectivity index (χ0n) is 9.40. The van der Waals surface area contributed by atoms with Crippen LogP contribution in [0.5, 0.6) is 5.75 Å². The Morgan fingerprint density at radius 1 is 1.19 bits per heavy atom. The number of nitrogen functional groups attached to an aromatic ring is 1. The van der Waals surface area contributed by atoms with Crippen LogP contribution in [0.1, 0.15) is 5.56 Å². The minimum absolute atomic E-state index is 0.704. The SMILES string of the molecule is COc1ccc(-c2cnccc2C)c(N)c1. The van der Waals surface area contributed by atoms with E-state index < -0.39 is 0 Å². The van der Waals surface area contributed by atoms with Crippen LogP contribution >= 0.6 is 0 Å². The van der Waals surface area contributed by atoms with E-state index in [-0.39, 0.29) is 0 Å². The fourth-order valence-electron chi connectivity index (χ4n) is 1.66. The molecule has 0 aliphatic heterocycles. The summed E-state index contributed by atoms with van der Waals surface area (Å²) < 4.78 is 5.12. The molecule has 0 saturated heterocycles. The zero-order valence-corrected chi connectivity index (χ0v) is 9.40. The molecule has 3 heteroatoms. The van der Waals surface area contributed by atoms with Gasteiger partial charge in [-0.05, 0) is 30.7 Å². The number of nitrogens with zero attached hydrogens (tertiary/aromatic N) is 1. The summed E-state index contributed by atoms with van der Waals surface area (Å²) in [7, 11) is 1.63. The average molecular weight is 214 g/mol. The quantitative estimate of drug-likeness (QED) is 0.782. The van der Waals surface area contributed by atoms with Gasteiger partial charge < -0.3 is 10.5 Å². The summed E-state index contributed by atoms with van der Waals surface area (Å²) in [6.45, 7) is 2.04. The summed E-state index contributed by atoms with van der Waals surface area (Å²) in [5, 5.41) is 0. The van der Waals surface area contributed by atoms with E-state index in [4.69, 9.17) is 10.5 Å². The first-order valence-corrected chi connectivity index (χ1v) is 5.07. The Balaban J connectivity index is 2.53. The molecule has 0 saturated carbocycles. The third-order valence-electron chi connectivity index (χ3n) is 2.59. The van der Waals surface area contributed by atoms with Crippen LogP contribution in [0.2, 0.25) is 0 Å². The van der Waals surface area contributed by atoms with Gasteiger partial charge in [-0.3, -0.25) is 4.98 Å². The van der Waals surface area contributed by atoms with Crippen LogP contribution in [0.3, 0.4) is 0 Å². The second-order valence-corrected chi connectivity index (χ2v) is 3.64. The van der Waals surface area contributed by atoms with Crippen LogP contribution < -0.4 is 10.5 Å². The summed E-state index contributed by atoms with van der Waals surface area (Å²) >= 11 is 0. The Bertz CT molecular complexity index is 509. The molecule has 0 aliphatic rings. The summed E-state index contributed by atoms with van der Waals surface area (Å²) in [6, 6.07) is 7.65. The summed E-state index contributed by atoms with van der Waals surface area (Å²) in [6.07, 6.45) is 3.60. The molecule has 0 bridgehead atoms. The number of aryl methyl sites for hydroxylation is 1. The molecular formula is C13H14N2O. The zero-order chi connectivity index (χ0) is 11.5. The van der Waals surface area contributed by atoms with E-state index in [0.29, 0.717) is 5.69 Å². The molecule has 82 valence electrons. The molecule has 2 rings (SSSR count). The predicted molar refractivity (Wildman–Crippen MR) is 65.4 cm³/mol. The predicted octanol–water partition coefficient (Wildman–Crippen LogP) is 2.65. The highest BCUT2D eigenvalue weighted by atomic mass is 16.5. The number of hydrogen-bond donors (Lipinski definition) is 1. The van der Waals surface area contributed by atoms with Crippen LogP contribution in [0.4, 0.5) is 5.69 Å². The number of aromatic nitrogens is 1. The van der Waals surface area contributed by atoms with Crippen molar-refractivity contribution < 1.29 is 4.74 Å². The number of hydrogen-bond acceptors (Lipinski definition) is 3. The van der Waals surface area contributed by atoms with Crippen molar-refractivity contribution in [2.75, 3.05) is 12.8 Å². The van der Waals surface area contributed by atoms with Crippen molar-refractivity contribution in [1.29, 1.82) is 0 Å². The van der Waals surface area contributed by atoms with E-state index in [0.717, 1.165) is 22.4 Å². The highest BCUT2D eigenvalue weighted by Gasteiger charge is 2.06. The molecule has 0 atom stereocenters. The van der Waals surface area contributed by atoms with Gasteiger partial charge in [0.1, 0.15) is 5.75 Å². The maximum Gasteiger partial charge on any atom is 0.120 e. The number of pyridine rings is 1. The number of rotatable bonds is 2. The normalized spacial score (nSPS) is 10.1. The Morgan fingerprint density at radius 3 is 2.62 bits per heavy atom. The van der Waals surface area contributed by atoms with Gasteiger partial charge in [-0.2, -0.15) is 0 Å². The third-order valence-corrected chi connectivity index (χ3v) is 2.59. The molecule has 1 heterocycles. The highest BCUT2D eigenvalue weighted by molar-refractivity contribution is 5.78. The maximum absolute atomic E-state index is 5.99. The fraction of sp³-hybridized carbons (Fsp3) is 0.154. The van der Waals surface area contributed by atoms with Gasteiger partial charge in [0, 0.05) is 35.3 Å². The Morgan fingerprint density at radius 2 is 2.00 bits per heavy atom. The molecule has 1 aromatic heterocycles. The molecule has 0 radical (unpaired) electrons. The van der Waals surface area contributed by atoms with Gasteiger partial charge in [0.15, 0.2) is 0 Å². The first-order valence-electron chi connectivity index (χ1n) is 5.07. The molecule has 3 nitrogen and oxygen atoms in total. The summed E-state index contributed by atoms with van der Waals surface area (Å²) in [4.78, 5) is 4.12. The van der Waals surface area contributed by atoms with Crippen molar-refractivity contribution in [3.05, 3.63) is 42.2 Å². The molecular weight excluding hydrogens is 200 g/mol. The van der Waals surface area contributed by atoms with Crippen LogP contribution in [0.15, 0.2) is 36.7 Å². The van der Waals surface area contributed by atoms with E-state index in [1.807, 2.05) is 37.4 Å². The standard InChI is InChI=1S/C13H14N2O/c1-9-5-6-15-8-12(9)11-4-3-10(16-2)7-13(11)14/h3-8H,14H2,1-2H3. The topological polar surface area (TPSA) is 48.1 Å². The molecule has 2 N–H and O–H groups in total. The minimum atomic E-state index is 0.704. The molecule has 0 aliphatic carbocycles. The van der Waals surface area contributed by atoms with Gasteiger partial charge in [0.05, 0.1) is 7.11 Å². The van der Waals surface area contributed by atoms with Gasteiger partial charge in [-0.1, -0.05) is 0 Å². The van der Waals surface area contributed by atoms with E-state index in [9.17, 15) is 0 Å². The molecule has 0 fully saturated rings. The van der Waals surface area contributed by atoms with E-state index in [2.05, 4.69) is 4.98 Å². The Labute approximate surface area is 94.9 Å². The summed E-state index contributed by atoms with van der Waals surface area (Å²) in [5.74, 6) is 0.766. The molecule has 0 unspecified atom stereocenters. The number of anilines is 1. The summed E-state index contributed by atoms with van der Waals surface area (Å²) in [5.41, 5.74) is 9.90. The van der Waals surface area contributed by atoms with Crippen LogP contribution in [-0.4, -0.2) is 12.1 Å². The number of nitrogens with two attached hydrogens (primary N) is 1. The lowest BCUT2D eigenvalue weighted by Crippen LogP contribution is -1.93. The van der Waals surface area contributed by atoms with Crippen molar-refractivity contribution in [1.82, 2.24) is 4.98 Å². The smallest absolute Gasteiger partial charge is 0.120 e. The average Bonchev–Trinajstić information content (AvgIpc) is 2.30. The first kappa shape index (κ1) is 10.5. The maximum atomic E-state index is 5.99. The lowest BCUT2D eigenvalue weighted by molar-refractivity contribution is 0.415.